The summed E-state index contributed by atoms with van der Waals surface area (Å²) >= 11 is 0. The number of nitrogens with zero attached hydrogens (tertiary/aromatic N) is 2. The van der Waals surface area contributed by atoms with Crippen molar-refractivity contribution in [2.75, 3.05) is 26.2 Å². The van der Waals surface area contributed by atoms with Crippen molar-refractivity contribution < 1.29 is 9.21 Å². The summed E-state index contributed by atoms with van der Waals surface area (Å²) in [6.07, 6.45) is 1.71. The molecule has 5 heteroatoms. The van der Waals surface area contributed by atoms with Gasteiger partial charge in [-0.3, -0.25) is 4.79 Å². The first-order valence-corrected chi connectivity index (χ1v) is 5.15. The molecule has 1 N–H and O–H groups in total. The summed E-state index contributed by atoms with van der Waals surface area (Å²) in [6, 6.07) is 0. The Kier molecular flexibility index (Phi) is 3.01. The van der Waals surface area contributed by atoms with E-state index >= 15 is 0 Å². The van der Waals surface area contributed by atoms with Gasteiger partial charge in [0.05, 0.1) is 12.1 Å². The molecule has 0 aromatic carbocycles. The van der Waals surface area contributed by atoms with Gasteiger partial charge >= 0.3 is 0 Å². The predicted molar refractivity (Wildman–Crippen MR) is 54.4 cm³/mol. The van der Waals surface area contributed by atoms with E-state index in [9.17, 15) is 4.79 Å². The van der Waals surface area contributed by atoms with Crippen molar-refractivity contribution in [3.05, 3.63) is 17.8 Å². The quantitative estimate of drug-likeness (QED) is 0.742. The van der Waals surface area contributed by atoms with E-state index in [4.69, 9.17) is 4.42 Å². The smallest absolute Gasteiger partial charge is 0.230 e. The molecule has 15 heavy (non-hydrogen) atoms. The zero-order valence-corrected chi connectivity index (χ0v) is 8.82. The van der Waals surface area contributed by atoms with Gasteiger partial charge in [0.15, 0.2) is 6.39 Å². The van der Waals surface area contributed by atoms with Crippen LogP contribution in [0.3, 0.4) is 0 Å². The van der Waals surface area contributed by atoms with Gasteiger partial charge in [-0.1, -0.05) is 0 Å². The Morgan fingerprint density at radius 1 is 1.60 bits per heavy atom. The fourth-order valence-corrected chi connectivity index (χ4v) is 1.66. The number of carbonyl (C=O) groups is 1. The lowest BCUT2D eigenvalue weighted by Crippen LogP contribution is -2.46. The summed E-state index contributed by atoms with van der Waals surface area (Å²) in [5.41, 5.74) is 0.804. The van der Waals surface area contributed by atoms with Gasteiger partial charge in [-0.25, -0.2) is 4.98 Å². The van der Waals surface area contributed by atoms with Crippen LogP contribution in [0.5, 0.6) is 0 Å². The van der Waals surface area contributed by atoms with E-state index in [1.807, 2.05) is 11.8 Å². The summed E-state index contributed by atoms with van der Waals surface area (Å²) < 4.78 is 5.15. The minimum atomic E-state index is 0.122. The van der Waals surface area contributed by atoms with Gasteiger partial charge in [-0.2, -0.15) is 0 Å². The van der Waals surface area contributed by atoms with Gasteiger partial charge in [0, 0.05) is 26.2 Å². The van der Waals surface area contributed by atoms with Crippen molar-refractivity contribution in [2.45, 2.75) is 13.3 Å². The third kappa shape index (κ3) is 2.36. The van der Waals surface area contributed by atoms with Crippen LogP contribution in [0.15, 0.2) is 10.8 Å². The Bertz CT molecular complexity index is 342. The third-order valence-electron chi connectivity index (χ3n) is 2.63. The van der Waals surface area contributed by atoms with Gasteiger partial charge in [-0.05, 0) is 6.92 Å². The molecule has 1 amide bonds. The summed E-state index contributed by atoms with van der Waals surface area (Å²) in [6.45, 7) is 5.17. The first kappa shape index (κ1) is 10.2. The number of hydrogen-bond acceptors (Lipinski definition) is 4. The van der Waals surface area contributed by atoms with E-state index in [-0.39, 0.29) is 5.91 Å². The topological polar surface area (TPSA) is 58.4 Å². The highest BCUT2D eigenvalue weighted by molar-refractivity contribution is 5.78. The molecule has 82 valence electrons. The fraction of sp³-hybridized carbons (Fsp3) is 0.600. The lowest BCUT2D eigenvalue weighted by atomic mass is 10.2. The van der Waals surface area contributed by atoms with Crippen molar-refractivity contribution in [3.8, 4) is 0 Å². The van der Waals surface area contributed by atoms with E-state index in [0.717, 1.165) is 31.9 Å². The number of aromatic nitrogens is 1. The van der Waals surface area contributed by atoms with E-state index < -0.39 is 0 Å². The maximum Gasteiger partial charge on any atom is 0.230 e. The molecule has 0 spiro atoms. The Hall–Kier alpha value is -1.36. The van der Waals surface area contributed by atoms with Crippen molar-refractivity contribution in [1.29, 1.82) is 0 Å². The number of oxazole rings is 1. The number of aryl methyl sites for hydroxylation is 1. The van der Waals surface area contributed by atoms with Crippen LogP contribution >= 0.6 is 0 Å². The van der Waals surface area contributed by atoms with Crippen LogP contribution in [0, 0.1) is 6.92 Å². The van der Waals surface area contributed by atoms with Crippen LogP contribution < -0.4 is 5.32 Å². The Labute approximate surface area is 88.5 Å². The van der Waals surface area contributed by atoms with Crippen LogP contribution in [-0.2, 0) is 11.2 Å². The molecular weight excluding hydrogens is 194 g/mol. The molecule has 5 nitrogen and oxygen atoms in total. The molecule has 2 rings (SSSR count). The Morgan fingerprint density at radius 2 is 2.33 bits per heavy atom. The fourth-order valence-electron chi connectivity index (χ4n) is 1.66. The Balaban J connectivity index is 1.94. The highest BCUT2D eigenvalue weighted by Crippen LogP contribution is 2.08. The molecular formula is C10H15N3O2. The number of piperazine rings is 1. The van der Waals surface area contributed by atoms with Crippen LogP contribution in [0.25, 0.3) is 0 Å². The lowest BCUT2D eigenvalue weighted by Gasteiger charge is -2.27. The van der Waals surface area contributed by atoms with Gasteiger partial charge in [0.25, 0.3) is 0 Å². The van der Waals surface area contributed by atoms with Crippen LogP contribution in [0.2, 0.25) is 0 Å². The molecule has 1 aromatic heterocycles. The minimum absolute atomic E-state index is 0.122. The van der Waals surface area contributed by atoms with E-state index in [1.54, 1.807) is 0 Å². The molecule has 0 unspecified atom stereocenters. The number of rotatable bonds is 2. The summed E-state index contributed by atoms with van der Waals surface area (Å²) in [5, 5.41) is 3.21. The molecule has 1 saturated heterocycles. The molecule has 1 aliphatic rings. The van der Waals surface area contributed by atoms with Gasteiger partial charge in [0.1, 0.15) is 5.76 Å². The molecule has 1 aromatic rings. The van der Waals surface area contributed by atoms with Gasteiger partial charge in [-0.15, -0.1) is 0 Å². The molecule has 2 heterocycles. The normalized spacial score (nSPS) is 16.7. The van der Waals surface area contributed by atoms with E-state index in [0.29, 0.717) is 12.2 Å². The first-order valence-electron chi connectivity index (χ1n) is 5.15. The van der Waals surface area contributed by atoms with Crippen molar-refractivity contribution in [2.24, 2.45) is 0 Å². The predicted octanol–water partition coefficient (Wildman–Crippen LogP) is -0.0427. The highest BCUT2D eigenvalue weighted by Gasteiger charge is 2.18. The lowest BCUT2D eigenvalue weighted by molar-refractivity contribution is -0.131. The highest BCUT2D eigenvalue weighted by atomic mass is 16.3. The Morgan fingerprint density at radius 3 is 2.93 bits per heavy atom. The second-order valence-electron chi connectivity index (χ2n) is 3.67. The van der Waals surface area contributed by atoms with Crippen molar-refractivity contribution in [3.63, 3.8) is 0 Å². The standard InChI is InChI=1S/C10H15N3O2/c1-8-9(15-7-12-8)6-10(14)13-4-2-11-3-5-13/h7,11H,2-6H2,1H3. The summed E-state index contributed by atoms with van der Waals surface area (Å²) in [5.74, 6) is 0.801. The number of hydrogen-bond donors (Lipinski definition) is 1. The summed E-state index contributed by atoms with van der Waals surface area (Å²) in [4.78, 5) is 17.7. The van der Waals surface area contributed by atoms with Crippen LogP contribution in [0.4, 0.5) is 0 Å². The number of nitrogens with one attached hydrogen (secondary N) is 1. The molecule has 0 saturated carbocycles. The van der Waals surface area contributed by atoms with Gasteiger partial charge in [0.2, 0.25) is 5.91 Å². The largest absolute Gasteiger partial charge is 0.448 e. The van der Waals surface area contributed by atoms with Crippen LogP contribution in [-0.4, -0.2) is 42.0 Å². The molecule has 0 aliphatic carbocycles. The van der Waals surface area contributed by atoms with Gasteiger partial charge < -0.3 is 14.6 Å². The van der Waals surface area contributed by atoms with E-state index in [1.165, 1.54) is 6.39 Å². The molecule has 1 fully saturated rings. The number of carbonyl (C=O) groups excluding carboxylic acids is 1. The summed E-state index contributed by atoms with van der Waals surface area (Å²) in [7, 11) is 0. The molecule has 0 bridgehead atoms. The van der Waals surface area contributed by atoms with E-state index in [2.05, 4.69) is 10.3 Å². The minimum Gasteiger partial charge on any atom is -0.448 e. The maximum atomic E-state index is 11.8. The second-order valence-corrected chi connectivity index (χ2v) is 3.67. The first-order chi connectivity index (χ1) is 7.27. The van der Waals surface area contributed by atoms with Crippen LogP contribution in [0.1, 0.15) is 11.5 Å². The SMILES string of the molecule is Cc1ncoc1CC(=O)N1CCNCC1. The monoisotopic (exact) mass is 209 g/mol. The molecule has 0 atom stereocenters. The molecule has 0 radical (unpaired) electrons. The molecule has 1 aliphatic heterocycles. The zero-order valence-electron chi connectivity index (χ0n) is 8.82. The third-order valence-corrected chi connectivity index (χ3v) is 2.63. The van der Waals surface area contributed by atoms with Crippen molar-refractivity contribution >= 4 is 5.91 Å². The average molecular weight is 209 g/mol. The maximum absolute atomic E-state index is 11.8. The second kappa shape index (κ2) is 4.44. The number of amides is 1. The average Bonchev–Trinajstić information content (AvgIpc) is 2.66. The van der Waals surface area contributed by atoms with Crippen molar-refractivity contribution in [1.82, 2.24) is 15.2 Å². The zero-order chi connectivity index (χ0) is 10.7.